The fraction of sp³-hybridized carbons (Fsp3) is 0.0612. The maximum absolute atomic E-state index is 6.79. The molecular formula is C49H39N3. The second-order valence-electron chi connectivity index (χ2n) is 13.6. The van der Waals surface area contributed by atoms with Gasteiger partial charge >= 0.3 is 0 Å². The lowest BCUT2D eigenvalue weighted by molar-refractivity contribution is 0.386. The molecule has 9 rings (SSSR count). The smallest absolute Gasteiger partial charge is 0.0852 e. The van der Waals surface area contributed by atoms with Crippen LogP contribution in [-0.2, 0) is 6.54 Å². The standard InChI is InChI=1S/C49H39N3/c50-48(37-14-2-1-3-15-37)52-49(51-32-33-11-10-18-39(29-33)41-26-21-34-12-4-5-16-40(34)30-41)38-24-22-36(23-25-38)47-44-20-9-7-17-42(44)31-46-43-19-8-6-13-35(43)27-28-45(46)47/h1-31,48-49,51-52H,32,50H2. The number of hydrogen-bond acceptors (Lipinski definition) is 3. The molecule has 52 heavy (non-hydrogen) atoms. The topological polar surface area (TPSA) is 50.1 Å². The Bertz CT molecular complexity index is 2680. The molecule has 0 radical (unpaired) electrons. The Kier molecular flexibility index (Phi) is 8.51. The fourth-order valence-electron chi connectivity index (χ4n) is 7.63. The van der Waals surface area contributed by atoms with E-state index in [0.717, 1.165) is 11.1 Å². The van der Waals surface area contributed by atoms with Gasteiger partial charge in [0, 0.05) is 6.54 Å². The van der Waals surface area contributed by atoms with E-state index < -0.39 is 0 Å². The molecule has 3 nitrogen and oxygen atoms in total. The van der Waals surface area contributed by atoms with E-state index in [4.69, 9.17) is 5.73 Å². The molecule has 0 amide bonds. The Balaban J connectivity index is 1.06. The number of hydrogen-bond donors (Lipinski definition) is 3. The molecule has 0 fully saturated rings. The summed E-state index contributed by atoms with van der Waals surface area (Å²) in [5.74, 6) is 0. The van der Waals surface area contributed by atoms with Crippen LogP contribution in [0.5, 0.6) is 0 Å². The Morgan fingerprint density at radius 3 is 1.88 bits per heavy atom. The molecule has 0 bridgehead atoms. The lowest BCUT2D eigenvalue weighted by Gasteiger charge is -2.26. The van der Waals surface area contributed by atoms with Crippen LogP contribution in [0, 0.1) is 0 Å². The van der Waals surface area contributed by atoms with Crippen molar-refractivity contribution in [3.05, 3.63) is 205 Å². The van der Waals surface area contributed by atoms with E-state index in [1.807, 2.05) is 18.2 Å². The van der Waals surface area contributed by atoms with Crippen LogP contribution in [0.2, 0.25) is 0 Å². The number of nitrogens with two attached hydrogens (primary N) is 1. The Morgan fingerprint density at radius 2 is 1.06 bits per heavy atom. The van der Waals surface area contributed by atoms with Crippen molar-refractivity contribution in [2.45, 2.75) is 18.9 Å². The molecule has 9 aromatic rings. The fourth-order valence-corrected chi connectivity index (χ4v) is 7.63. The van der Waals surface area contributed by atoms with E-state index in [-0.39, 0.29) is 12.3 Å². The van der Waals surface area contributed by atoms with Crippen LogP contribution < -0.4 is 16.4 Å². The van der Waals surface area contributed by atoms with Gasteiger partial charge in [-0.1, -0.05) is 170 Å². The average molecular weight is 670 g/mol. The summed E-state index contributed by atoms with van der Waals surface area (Å²) in [5.41, 5.74) is 15.0. The molecule has 0 saturated heterocycles. The minimum absolute atomic E-state index is 0.193. The monoisotopic (exact) mass is 669 g/mol. The zero-order valence-corrected chi connectivity index (χ0v) is 28.8. The molecule has 2 unspecified atom stereocenters. The average Bonchev–Trinajstić information content (AvgIpc) is 3.21. The van der Waals surface area contributed by atoms with E-state index >= 15 is 0 Å². The first kappa shape index (κ1) is 31.9. The van der Waals surface area contributed by atoms with E-state index in [1.54, 1.807) is 0 Å². The minimum atomic E-state index is -0.349. The first-order valence-corrected chi connectivity index (χ1v) is 18.0. The Labute approximate surface area is 304 Å². The molecular weight excluding hydrogens is 631 g/mol. The first-order chi connectivity index (χ1) is 25.7. The summed E-state index contributed by atoms with van der Waals surface area (Å²) in [6, 6.07) is 67.5. The third-order valence-electron chi connectivity index (χ3n) is 10.3. The summed E-state index contributed by atoms with van der Waals surface area (Å²) in [4.78, 5) is 0. The van der Waals surface area contributed by atoms with Gasteiger partial charge in [-0.15, -0.1) is 0 Å². The molecule has 250 valence electrons. The second kappa shape index (κ2) is 13.9. The predicted octanol–water partition coefficient (Wildman–Crippen LogP) is 11.7. The van der Waals surface area contributed by atoms with Crippen molar-refractivity contribution < 1.29 is 0 Å². The molecule has 0 aliphatic carbocycles. The summed E-state index contributed by atoms with van der Waals surface area (Å²) in [7, 11) is 0. The molecule has 9 aromatic carbocycles. The van der Waals surface area contributed by atoms with E-state index in [0.29, 0.717) is 6.54 Å². The van der Waals surface area contributed by atoms with Gasteiger partial charge in [-0.3, -0.25) is 10.6 Å². The normalized spacial score (nSPS) is 12.8. The Morgan fingerprint density at radius 1 is 0.404 bits per heavy atom. The summed E-state index contributed by atoms with van der Waals surface area (Å²) in [6.45, 7) is 0.670. The van der Waals surface area contributed by atoms with Crippen molar-refractivity contribution in [2.24, 2.45) is 5.73 Å². The van der Waals surface area contributed by atoms with Crippen LogP contribution in [0.25, 0.3) is 65.3 Å². The molecule has 0 saturated carbocycles. The SMILES string of the molecule is NC(NC(NCc1cccc(-c2ccc3ccccc3c2)c1)c1ccc(-c2c3ccccc3cc3c2ccc2ccccc23)cc1)c1ccccc1. The number of rotatable bonds is 9. The van der Waals surface area contributed by atoms with Crippen LogP contribution in [0.1, 0.15) is 29.0 Å². The van der Waals surface area contributed by atoms with E-state index in [2.05, 4.69) is 180 Å². The number of nitrogens with one attached hydrogen (secondary N) is 2. The van der Waals surface area contributed by atoms with Crippen LogP contribution >= 0.6 is 0 Å². The minimum Gasteiger partial charge on any atom is -0.312 e. The quantitative estimate of drug-likeness (QED) is 0.0814. The highest BCUT2D eigenvalue weighted by Gasteiger charge is 2.18. The second-order valence-corrected chi connectivity index (χ2v) is 13.6. The zero-order chi connectivity index (χ0) is 34.9. The van der Waals surface area contributed by atoms with Crippen molar-refractivity contribution in [3.8, 4) is 22.3 Å². The van der Waals surface area contributed by atoms with Gasteiger partial charge in [0.05, 0.1) is 12.3 Å². The van der Waals surface area contributed by atoms with Crippen LogP contribution in [0.4, 0.5) is 0 Å². The van der Waals surface area contributed by atoms with Crippen LogP contribution in [0.3, 0.4) is 0 Å². The number of benzene rings is 9. The molecule has 0 spiro atoms. The van der Waals surface area contributed by atoms with Gasteiger partial charge in [0.1, 0.15) is 0 Å². The summed E-state index contributed by atoms with van der Waals surface area (Å²) in [6.07, 6.45) is -0.542. The van der Waals surface area contributed by atoms with Gasteiger partial charge in [-0.25, -0.2) is 0 Å². The molecule has 0 heterocycles. The van der Waals surface area contributed by atoms with Crippen LogP contribution in [-0.4, -0.2) is 0 Å². The predicted molar refractivity (Wildman–Crippen MR) is 220 cm³/mol. The molecule has 3 heteroatoms. The van der Waals surface area contributed by atoms with Gasteiger partial charge < -0.3 is 5.73 Å². The zero-order valence-electron chi connectivity index (χ0n) is 28.8. The maximum Gasteiger partial charge on any atom is 0.0852 e. The molecule has 0 aromatic heterocycles. The third kappa shape index (κ3) is 6.23. The van der Waals surface area contributed by atoms with Gasteiger partial charge in [0.15, 0.2) is 0 Å². The third-order valence-corrected chi connectivity index (χ3v) is 10.3. The van der Waals surface area contributed by atoms with Gasteiger partial charge in [0.2, 0.25) is 0 Å². The van der Waals surface area contributed by atoms with Gasteiger partial charge in [-0.05, 0) is 100 Å². The van der Waals surface area contributed by atoms with Crippen molar-refractivity contribution in [1.29, 1.82) is 0 Å². The summed E-state index contributed by atoms with van der Waals surface area (Å²) in [5, 5.41) is 17.6. The lowest BCUT2D eigenvalue weighted by Crippen LogP contribution is -2.39. The lowest BCUT2D eigenvalue weighted by atomic mass is 9.89. The summed E-state index contributed by atoms with van der Waals surface area (Å²) < 4.78 is 0. The van der Waals surface area contributed by atoms with Crippen molar-refractivity contribution in [1.82, 2.24) is 10.6 Å². The number of fused-ring (bicyclic) bond motifs is 5. The van der Waals surface area contributed by atoms with E-state index in [1.165, 1.54) is 70.9 Å². The molecule has 0 aliphatic rings. The maximum atomic E-state index is 6.79. The van der Waals surface area contributed by atoms with Crippen LogP contribution in [0.15, 0.2) is 188 Å². The first-order valence-electron chi connectivity index (χ1n) is 18.0. The molecule has 4 N–H and O–H groups in total. The van der Waals surface area contributed by atoms with E-state index in [9.17, 15) is 0 Å². The summed E-state index contributed by atoms with van der Waals surface area (Å²) >= 11 is 0. The molecule has 0 aliphatic heterocycles. The highest BCUT2D eigenvalue weighted by Crippen LogP contribution is 2.39. The van der Waals surface area contributed by atoms with Gasteiger partial charge in [-0.2, -0.15) is 0 Å². The Hall–Kier alpha value is -6.10. The highest BCUT2D eigenvalue weighted by atomic mass is 15.2. The molecule has 2 atom stereocenters. The highest BCUT2D eigenvalue weighted by molar-refractivity contribution is 6.20. The van der Waals surface area contributed by atoms with Crippen molar-refractivity contribution >= 4 is 43.1 Å². The largest absolute Gasteiger partial charge is 0.312 e. The van der Waals surface area contributed by atoms with Crippen molar-refractivity contribution in [3.63, 3.8) is 0 Å². The van der Waals surface area contributed by atoms with Crippen molar-refractivity contribution in [2.75, 3.05) is 0 Å². The van der Waals surface area contributed by atoms with Gasteiger partial charge in [0.25, 0.3) is 0 Å².